The Kier molecular flexibility index (Phi) is 9.62. The maximum absolute atomic E-state index is 7.50. The summed E-state index contributed by atoms with van der Waals surface area (Å²) in [5.41, 5.74) is 12.7. The van der Waals surface area contributed by atoms with E-state index in [-0.39, 0.29) is 11.3 Å². The van der Waals surface area contributed by atoms with Gasteiger partial charge in [-0.25, -0.2) is 0 Å². The van der Waals surface area contributed by atoms with E-state index in [0.717, 1.165) is 41.7 Å². The molecule has 0 saturated heterocycles. The molecular weight excluding hydrogens is 354 g/mol. The van der Waals surface area contributed by atoms with Gasteiger partial charge in [0.05, 0.1) is 0 Å². The largest absolute Gasteiger partial charge is 0.401 e. The van der Waals surface area contributed by atoms with Gasteiger partial charge < -0.3 is 11.1 Å². The highest BCUT2D eigenvalue weighted by Crippen LogP contribution is 2.31. The summed E-state index contributed by atoms with van der Waals surface area (Å²) in [5.74, 6) is 6.62. The first-order valence-electron chi connectivity index (χ1n) is 10.3. The lowest BCUT2D eigenvalue weighted by Gasteiger charge is -2.22. The molecule has 1 aliphatic rings. The van der Waals surface area contributed by atoms with Crippen LogP contribution in [0, 0.1) is 28.6 Å². The summed E-state index contributed by atoms with van der Waals surface area (Å²) in [6.45, 7) is 12.8. The van der Waals surface area contributed by atoms with Crippen molar-refractivity contribution in [1.29, 1.82) is 5.41 Å². The molecule has 0 heterocycles. The Morgan fingerprint density at radius 3 is 2.48 bits per heavy atom. The van der Waals surface area contributed by atoms with Gasteiger partial charge in [0.1, 0.15) is 0 Å². The summed E-state index contributed by atoms with van der Waals surface area (Å²) in [5, 5.41) is 7.50. The van der Waals surface area contributed by atoms with Gasteiger partial charge in [-0.3, -0.25) is 4.99 Å². The Morgan fingerprint density at radius 1 is 1.34 bits per heavy atom. The number of nitrogens with two attached hydrogens (primary N) is 1. The Balaban J connectivity index is 3.53. The Morgan fingerprint density at radius 2 is 2.03 bits per heavy atom. The monoisotopic (exact) mass is 391 g/mol. The molecule has 0 aromatic carbocycles. The molecule has 0 fully saturated rings. The minimum atomic E-state index is 0.0821. The van der Waals surface area contributed by atoms with E-state index in [9.17, 15) is 0 Å². The fraction of sp³-hybridized carbons (Fsp3) is 0.462. The van der Waals surface area contributed by atoms with Crippen LogP contribution >= 0.6 is 0 Å². The summed E-state index contributed by atoms with van der Waals surface area (Å²) < 4.78 is 0. The highest BCUT2D eigenvalue weighted by atomic mass is 14.7. The van der Waals surface area contributed by atoms with E-state index in [4.69, 9.17) is 11.1 Å². The molecule has 1 atom stereocenters. The van der Waals surface area contributed by atoms with Gasteiger partial charge in [0.25, 0.3) is 0 Å². The number of aliphatic imine (C=N–C) groups is 1. The van der Waals surface area contributed by atoms with Crippen molar-refractivity contribution in [3.05, 3.63) is 57.9 Å². The second-order valence-electron chi connectivity index (χ2n) is 8.57. The minimum absolute atomic E-state index is 0.0821. The van der Waals surface area contributed by atoms with Crippen LogP contribution in [0.4, 0.5) is 0 Å². The highest BCUT2D eigenvalue weighted by molar-refractivity contribution is 5.87. The topological polar surface area (TPSA) is 62.2 Å². The molecule has 0 spiro atoms. The summed E-state index contributed by atoms with van der Waals surface area (Å²) in [4.78, 5) is 4.28. The van der Waals surface area contributed by atoms with Crippen LogP contribution in [0.1, 0.15) is 60.8 Å². The van der Waals surface area contributed by atoms with Crippen molar-refractivity contribution in [3.63, 3.8) is 0 Å². The van der Waals surface area contributed by atoms with Crippen molar-refractivity contribution in [2.45, 2.75) is 60.8 Å². The van der Waals surface area contributed by atoms with Gasteiger partial charge in [0.15, 0.2) is 0 Å². The molecule has 0 aromatic rings. The second kappa shape index (κ2) is 11.4. The van der Waals surface area contributed by atoms with Crippen LogP contribution in [0.5, 0.6) is 0 Å². The van der Waals surface area contributed by atoms with Crippen molar-refractivity contribution in [2.75, 3.05) is 7.05 Å². The van der Waals surface area contributed by atoms with Crippen LogP contribution in [-0.4, -0.2) is 19.5 Å². The third-order valence-corrected chi connectivity index (χ3v) is 4.94. The van der Waals surface area contributed by atoms with E-state index in [2.05, 4.69) is 69.7 Å². The second-order valence-corrected chi connectivity index (χ2v) is 8.57. The average Bonchev–Trinajstić information content (AvgIpc) is 2.70. The van der Waals surface area contributed by atoms with Gasteiger partial charge in [-0.1, -0.05) is 69.4 Å². The lowest BCUT2D eigenvalue weighted by Crippen LogP contribution is -2.17. The third-order valence-electron chi connectivity index (χ3n) is 4.94. The standard InChI is InChI=1S/C26H37N3/c1-8-20-10-13-22(14-11-20)25(28)24(18-29-7)19(3)23(16-26(4,5)6)15-12-21(9-2)17-27/h9-11,13,17-18,22,27H,8,14,16,28H2,1-7H3/b21-9-,23-19-,25-24?,27-17?,29-18?. The number of hydrogen-bond donors (Lipinski definition) is 2. The molecule has 0 saturated carbocycles. The van der Waals surface area contributed by atoms with Crippen LogP contribution in [-0.2, 0) is 0 Å². The van der Waals surface area contributed by atoms with Crippen LogP contribution in [0.3, 0.4) is 0 Å². The zero-order valence-electron chi connectivity index (χ0n) is 19.2. The van der Waals surface area contributed by atoms with Crippen LogP contribution in [0.2, 0.25) is 0 Å². The fourth-order valence-electron chi connectivity index (χ4n) is 3.18. The summed E-state index contributed by atoms with van der Waals surface area (Å²) in [6, 6.07) is 0. The Hall–Kier alpha value is -2.60. The van der Waals surface area contributed by atoms with Crippen molar-refractivity contribution in [1.82, 2.24) is 0 Å². The van der Waals surface area contributed by atoms with Crippen LogP contribution in [0.25, 0.3) is 0 Å². The molecule has 3 heteroatoms. The van der Waals surface area contributed by atoms with E-state index in [1.54, 1.807) is 7.05 Å². The van der Waals surface area contributed by atoms with Crippen LogP contribution < -0.4 is 5.73 Å². The third kappa shape index (κ3) is 7.74. The normalized spacial score (nSPS) is 19.2. The summed E-state index contributed by atoms with van der Waals surface area (Å²) >= 11 is 0. The molecule has 0 amide bonds. The van der Waals surface area contributed by atoms with Gasteiger partial charge in [0.2, 0.25) is 0 Å². The number of allylic oxidation sites excluding steroid dienone is 9. The quantitative estimate of drug-likeness (QED) is 0.318. The Bertz CT molecular complexity index is 841. The van der Waals surface area contributed by atoms with Gasteiger partial charge in [-0.15, -0.1) is 0 Å². The molecule has 156 valence electrons. The van der Waals surface area contributed by atoms with E-state index >= 15 is 0 Å². The van der Waals surface area contributed by atoms with Crippen molar-refractivity contribution in [2.24, 2.45) is 22.1 Å². The Labute approximate surface area is 177 Å². The number of hydrogen-bond acceptors (Lipinski definition) is 3. The molecular formula is C26H37N3. The zero-order valence-corrected chi connectivity index (χ0v) is 19.2. The van der Waals surface area contributed by atoms with Crippen molar-refractivity contribution < 1.29 is 0 Å². The van der Waals surface area contributed by atoms with E-state index < -0.39 is 0 Å². The molecule has 0 aromatic heterocycles. The number of nitrogens with zero attached hydrogens (tertiary/aromatic N) is 1. The van der Waals surface area contributed by atoms with E-state index in [1.807, 2.05) is 19.2 Å². The molecule has 3 nitrogen and oxygen atoms in total. The first-order chi connectivity index (χ1) is 13.7. The van der Waals surface area contributed by atoms with Crippen LogP contribution in [0.15, 0.2) is 62.9 Å². The first-order valence-corrected chi connectivity index (χ1v) is 10.3. The van der Waals surface area contributed by atoms with Gasteiger partial charge in [0, 0.05) is 47.8 Å². The number of rotatable bonds is 6. The van der Waals surface area contributed by atoms with E-state index in [0.29, 0.717) is 5.57 Å². The molecule has 29 heavy (non-hydrogen) atoms. The minimum Gasteiger partial charge on any atom is -0.401 e. The van der Waals surface area contributed by atoms with E-state index in [1.165, 1.54) is 11.8 Å². The van der Waals surface area contributed by atoms with Gasteiger partial charge in [-0.2, -0.15) is 0 Å². The first kappa shape index (κ1) is 24.4. The molecule has 1 unspecified atom stereocenters. The average molecular weight is 392 g/mol. The van der Waals surface area contributed by atoms with Gasteiger partial charge >= 0.3 is 0 Å². The maximum Gasteiger partial charge on any atom is 0.0382 e. The highest BCUT2D eigenvalue weighted by Gasteiger charge is 2.19. The predicted molar refractivity (Wildman–Crippen MR) is 128 cm³/mol. The lowest BCUT2D eigenvalue weighted by molar-refractivity contribution is 0.413. The van der Waals surface area contributed by atoms with Gasteiger partial charge in [-0.05, 0) is 44.1 Å². The lowest BCUT2D eigenvalue weighted by atomic mass is 9.83. The molecule has 1 aliphatic carbocycles. The fourth-order valence-corrected chi connectivity index (χ4v) is 3.18. The SMILES string of the molecule is C/C=C(/C#C/C(CC(C)(C)C)=C(\C)C(C=NC)=C(N)C1C=CC(CC)=CC1)C=N. The zero-order chi connectivity index (χ0) is 22.0. The summed E-state index contributed by atoms with van der Waals surface area (Å²) in [6.07, 6.45) is 14.4. The van der Waals surface area contributed by atoms with Crippen molar-refractivity contribution >= 4 is 12.4 Å². The van der Waals surface area contributed by atoms with Crippen molar-refractivity contribution in [3.8, 4) is 11.8 Å². The maximum atomic E-state index is 7.50. The molecule has 1 rings (SSSR count). The molecule has 3 N–H and O–H groups in total. The predicted octanol–water partition coefficient (Wildman–Crippen LogP) is 6.16. The smallest absolute Gasteiger partial charge is 0.0382 e. The summed E-state index contributed by atoms with van der Waals surface area (Å²) in [7, 11) is 1.77. The molecule has 0 radical (unpaired) electrons. The number of nitrogens with one attached hydrogen (secondary N) is 1. The molecule has 0 bridgehead atoms. The molecule has 0 aliphatic heterocycles.